The predicted octanol–water partition coefficient (Wildman–Crippen LogP) is 1.14. The van der Waals surface area contributed by atoms with Crippen LogP contribution >= 0.6 is 11.8 Å². The van der Waals surface area contributed by atoms with E-state index >= 15 is 0 Å². The lowest BCUT2D eigenvalue weighted by Crippen LogP contribution is -2.50. The maximum atomic E-state index is 11.3. The molecule has 2 N–H and O–H groups in total. The van der Waals surface area contributed by atoms with Gasteiger partial charge in [-0.2, -0.15) is 11.8 Å². The molecule has 0 heterocycles. The highest BCUT2D eigenvalue weighted by Crippen LogP contribution is 2.25. The molecular weight excluding hydrogens is 286 g/mol. The lowest BCUT2D eigenvalue weighted by molar-refractivity contribution is -0.144. The third-order valence-electron chi connectivity index (χ3n) is 3.14. The molecule has 0 bridgehead atoms. The molecule has 0 aliphatic heterocycles. The lowest BCUT2D eigenvalue weighted by Gasteiger charge is -2.26. The number of hydrogen-bond acceptors (Lipinski definition) is 5. The van der Waals surface area contributed by atoms with Crippen molar-refractivity contribution >= 4 is 27.6 Å². The molecule has 0 spiro atoms. The summed E-state index contributed by atoms with van der Waals surface area (Å²) >= 11 is 1.57. The molecule has 0 radical (unpaired) electrons. The summed E-state index contributed by atoms with van der Waals surface area (Å²) in [6.07, 6.45) is 4.70. The number of carbonyl (C=O) groups is 1. The highest BCUT2D eigenvalue weighted by Gasteiger charge is 2.37. The van der Waals surface area contributed by atoms with Gasteiger partial charge in [0, 0.05) is 18.1 Å². The Kier molecular flexibility index (Phi) is 6.14. The Bertz CT molecular complexity index is 406. The number of sulfone groups is 1. The fourth-order valence-corrected chi connectivity index (χ4v) is 3.99. The van der Waals surface area contributed by atoms with Crippen molar-refractivity contribution in [2.45, 2.75) is 44.2 Å². The van der Waals surface area contributed by atoms with Gasteiger partial charge in [-0.3, -0.25) is 10.1 Å². The summed E-state index contributed by atoms with van der Waals surface area (Å²) in [6.45, 7) is 1.73. The van der Waals surface area contributed by atoms with Gasteiger partial charge in [0.25, 0.3) is 0 Å². The van der Waals surface area contributed by atoms with E-state index in [1.54, 1.807) is 18.7 Å². The van der Waals surface area contributed by atoms with Crippen LogP contribution < -0.4 is 5.32 Å². The van der Waals surface area contributed by atoms with Crippen molar-refractivity contribution in [3.63, 3.8) is 0 Å². The molecular formula is C12H23NO4S2. The second-order valence-electron chi connectivity index (χ2n) is 5.40. The number of carboxylic acid groups (broad SMARTS) is 1. The minimum Gasteiger partial charge on any atom is -0.480 e. The summed E-state index contributed by atoms with van der Waals surface area (Å²) < 4.78 is 21.9. The SMILES string of the molecule is CC(CCCSCCS(C)(=O)=O)(NC1CC1)C(=O)O. The van der Waals surface area contributed by atoms with Crippen molar-refractivity contribution in [1.29, 1.82) is 0 Å². The highest BCUT2D eigenvalue weighted by atomic mass is 32.2. The van der Waals surface area contributed by atoms with Gasteiger partial charge in [-0.1, -0.05) is 0 Å². The number of hydrogen-bond donors (Lipinski definition) is 2. The third-order valence-corrected chi connectivity index (χ3v) is 5.41. The molecule has 0 saturated heterocycles. The number of nitrogens with one attached hydrogen (secondary N) is 1. The van der Waals surface area contributed by atoms with Gasteiger partial charge in [0.2, 0.25) is 0 Å². The Hall–Kier alpha value is -0.270. The zero-order valence-corrected chi connectivity index (χ0v) is 13.1. The van der Waals surface area contributed by atoms with Gasteiger partial charge in [0.1, 0.15) is 15.4 Å². The van der Waals surface area contributed by atoms with Gasteiger partial charge < -0.3 is 5.11 Å². The topological polar surface area (TPSA) is 83.5 Å². The zero-order valence-electron chi connectivity index (χ0n) is 11.5. The molecule has 0 aromatic carbocycles. The molecule has 1 fully saturated rings. The quantitative estimate of drug-likeness (QED) is 0.589. The Labute approximate surface area is 119 Å². The van der Waals surface area contributed by atoms with Crippen LogP contribution in [0.1, 0.15) is 32.6 Å². The summed E-state index contributed by atoms with van der Waals surface area (Å²) in [5.41, 5.74) is -0.849. The molecule has 1 unspecified atom stereocenters. The average Bonchev–Trinajstić information content (AvgIpc) is 3.05. The molecule has 0 aromatic heterocycles. The standard InChI is InChI=1S/C12H23NO4S2/c1-12(11(14)15,13-10-4-5-10)6-3-7-18-8-9-19(2,16)17/h10,13H,3-9H2,1-2H3,(H,14,15). The van der Waals surface area contributed by atoms with Crippen LogP contribution in [0.15, 0.2) is 0 Å². The van der Waals surface area contributed by atoms with Crippen LogP contribution in [-0.4, -0.2) is 54.6 Å². The molecule has 7 heteroatoms. The Balaban J connectivity index is 2.19. The minimum absolute atomic E-state index is 0.189. The third kappa shape index (κ3) is 7.17. The number of carboxylic acids is 1. The van der Waals surface area contributed by atoms with E-state index in [1.807, 2.05) is 0 Å². The van der Waals surface area contributed by atoms with Crippen molar-refractivity contribution in [1.82, 2.24) is 5.32 Å². The Morgan fingerprint density at radius 3 is 2.53 bits per heavy atom. The van der Waals surface area contributed by atoms with Crippen molar-refractivity contribution in [3.8, 4) is 0 Å². The monoisotopic (exact) mass is 309 g/mol. The summed E-state index contributed by atoms with van der Waals surface area (Å²) in [5.74, 6) is 0.762. The minimum atomic E-state index is -2.89. The summed E-state index contributed by atoms with van der Waals surface area (Å²) in [6, 6.07) is 0.360. The molecule has 5 nitrogen and oxygen atoms in total. The maximum Gasteiger partial charge on any atom is 0.323 e. The van der Waals surface area contributed by atoms with Crippen LogP contribution in [0.2, 0.25) is 0 Å². The number of rotatable bonds is 10. The first kappa shape index (κ1) is 16.8. The second kappa shape index (κ2) is 6.95. The van der Waals surface area contributed by atoms with E-state index in [0.717, 1.165) is 25.0 Å². The lowest BCUT2D eigenvalue weighted by atomic mass is 9.96. The van der Waals surface area contributed by atoms with Gasteiger partial charge >= 0.3 is 5.97 Å². The van der Waals surface area contributed by atoms with Crippen LogP contribution in [-0.2, 0) is 14.6 Å². The fraction of sp³-hybridized carbons (Fsp3) is 0.917. The molecule has 1 aliphatic rings. The number of thioether (sulfide) groups is 1. The molecule has 112 valence electrons. The van der Waals surface area contributed by atoms with E-state index < -0.39 is 21.3 Å². The van der Waals surface area contributed by atoms with E-state index in [1.165, 1.54) is 6.26 Å². The molecule has 1 aliphatic carbocycles. The van der Waals surface area contributed by atoms with Crippen LogP contribution in [0.4, 0.5) is 0 Å². The van der Waals surface area contributed by atoms with Gasteiger partial charge in [-0.05, 0) is 38.4 Å². The molecule has 1 rings (SSSR count). The molecule has 1 atom stereocenters. The van der Waals surface area contributed by atoms with Gasteiger partial charge in [0.15, 0.2) is 0 Å². The maximum absolute atomic E-state index is 11.3. The number of aliphatic carboxylic acids is 1. The Morgan fingerprint density at radius 2 is 2.05 bits per heavy atom. The first-order chi connectivity index (χ1) is 8.73. The zero-order chi connectivity index (χ0) is 14.5. The second-order valence-corrected chi connectivity index (χ2v) is 8.89. The van der Waals surface area contributed by atoms with Crippen molar-refractivity contribution < 1.29 is 18.3 Å². The van der Waals surface area contributed by atoms with Crippen molar-refractivity contribution in [2.75, 3.05) is 23.5 Å². The van der Waals surface area contributed by atoms with Crippen molar-refractivity contribution in [3.05, 3.63) is 0 Å². The van der Waals surface area contributed by atoms with Crippen LogP contribution in [0.5, 0.6) is 0 Å². The molecule has 19 heavy (non-hydrogen) atoms. The average molecular weight is 309 g/mol. The first-order valence-corrected chi connectivity index (χ1v) is 9.71. The van der Waals surface area contributed by atoms with Gasteiger partial charge in [0.05, 0.1) is 5.75 Å². The van der Waals surface area contributed by atoms with Crippen molar-refractivity contribution in [2.24, 2.45) is 0 Å². The van der Waals surface area contributed by atoms with E-state index in [9.17, 15) is 18.3 Å². The Morgan fingerprint density at radius 1 is 1.42 bits per heavy atom. The van der Waals surface area contributed by atoms with Crippen LogP contribution in [0.25, 0.3) is 0 Å². The molecule has 0 amide bonds. The van der Waals surface area contributed by atoms with Gasteiger partial charge in [-0.15, -0.1) is 0 Å². The predicted molar refractivity (Wildman–Crippen MR) is 78.5 cm³/mol. The fourth-order valence-electron chi connectivity index (χ4n) is 1.76. The molecule has 0 aromatic rings. The summed E-state index contributed by atoms with van der Waals surface area (Å²) in [4.78, 5) is 11.3. The summed E-state index contributed by atoms with van der Waals surface area (Å²) in [7, 11) is -2.89. The first-order valence-electron chi connectivity index (χ1n) is 6.49. The summed E-state index contributed by atoms with van der Waals surface area (Å²) in [5, 5.41) is 12.4. The van der Waals surface area contributed by atoms with Crippen LogP contribution in [0, 0.1) is 0 Å². The molecule has 1 saturated carbocycles. The van der Waals surface area contributed by atoms with Crippen LogP contribution in [0.3, 0.4) is 0 Å². The van der Waals surface area contributed by atoms with E-state index in [2.05, 4.69) is 5.32 Å². The van der Waals surface area contributed by atoms with E-state index in [-0.39, 0.29) is 5.75 Å². The highest BCUT2D eigenvalue weighted by molar-refractivity contribution is 8.00. The largest absolute Gasteiger partial charge is 0.480 e. The van der Waals surface area contributed by atoms with Gasteiger partial charge in [-0.25, -0.2) is 8.42 Å². The van der Waals surface area contributed by atoms with E-state index in [4.69, 9.17) is 0 Å². The normalized spacial score (nSPS) is 19.1. The smallest absolute Gasteiger partial charge is 0.323 e. The van der Waals surface area contributed by atoms with E-state index in [0.29, 0.717) is 18.2 Å².